The average molecular weight is 340 g/mol. The Morgan fingerprint density at radius 2 is 2.20 bits per heavy atom. The van der Waals surface area contributed by atoms with E-state index in [9.17, 15) is 4.79 Å². The van der Waals surface area contributed by atoms with Crippen LogP contribution in [0.5, 0.6) is 5.75 Å². The van der Waals surface area contributed by atoms with Crippen molar-refractivity contribution in [3.8, 4) is 5.75 Å². The van der Waals surface area contributed by atoms with Crippen LogP contribution in [0.1, 0.15) is 25.8 Å². The van der Waals surface area contributed by atoms with Crippen molar-refractivity contribution in [2.24, 2.45) is 5.73 Å². The van der Waals surface area contributed by atoms with Crippen LogP contribution in [0.4, 0.5) is 0 Å². The van der Waals surface area contributed by atoms with Gasteiger partial charge in [-0.1, -0.05) is 15.9 Å². The smallest absolute Gasteiger partial charge is 0.249 e. The standard InChI is InChI=1S/C14H18BrN3O2/c1-13(2)7-14(11(19)18(3)12(16)17-14)9-6-8(15)4-5-10(9)20-13/h4-6,12,17H,7,16H2,1-3H3/t12?,14-/m1/s1. The number of hydrogen-bond donors (Lipinski definition) is 2. The van der Waals surface area contributed by atoms with Crippen molar-refractivity contribution < 1.29 is 9.53 Å². The maximum atomic E-state index is 12.8. The molecule has 1 fully saturated rings. The predicted octanol–water partition coefficient (Wildman–Crippen LogP) is 1.51. The molecule has 0 bridgehead atoms. The lowest BCUT2D eigenvalue weighted by Crippen LogP contribution is -2.54. The van der Waals surface area contributed by atoms with Crippen LogP contribution in [-0.4, -0.2) is 29.7 Å². The van der Waals surface area contributed by atoms with Gasteiger partial charge in [0, 0.05) is 23.5 Å². The topological polar surface area (TPSA) is 67.6 Å². The lowest BCUT2D eigenvalue weighted by atomic mass is 9.77. The summed E-state index contributed by atoms with van der Waals surface area (Å²) in [5, 5.41) is 3.26. The van der Waals surface area contributed by atoms with E-state index >= 15 is 0 Å². The van der Waals surface area contributed by atoms with Crippen molar-refractivity contribution in [3.05, 3.63) is 28.2 Å². The fraction of sp³-hybridized carbons (Fsp3) is 0.500. The number of halogens is 1. The van der Waals surface area contributed by atoms with E-state index in [1.54, 1.807) is 11.9 Å². The highest BCUT2D eigenvalue weighted by molar-refractivity contribution is 9.10. The molecule has 0 radical (unpaired) electrons. The lowest BCUT2D eigenvalue weighted by Gasteiger charge is -2.42. The van der Waals surface area contributed by atoms with Gasteiger partial charge in [0.05, 0.1) is 0 Å². The lowest BCUT2D eigenvalue weighted by molar-refractivity contribution is -0.135. The number of ether oxygens (including phenoxy) is 1. The summed E-state index contributed by atoms with van der Waals surface area (Å²) in [5.74, 6) is 0.716. The van der Waals surface area contributed by atoms with Gasteiger partial charge in [-0.25, -0.2) is 0 Å². The monoisotopic (exact) mass is 339 g/mol. The van der Waals surface area contributed by atoms with Gasteiger partial charge in [0.1, 0.15) is 23.2 Å². The normalized spacial score (nSPS) is 31.4. The summed E-state index contributed by atoms with van der Waals surface area (Å²) in [5.41, 5.74) is 5.60. The van der Waals surface area contributed by atoms with Gasteiger partial charge >= 0.3 is 0 Å². The van der Waals surface area contributed by atoms with Gasteiger partial charge in [-0.2, -0.15) is 0 Å². The van der Waals surface area contributed by atoms with E-state index in [1.807, 2.05) is 32.0 Å². The summed E-state index contributed by atoms with van der Waals surface area (Å²) in [7, 11) is 1.72. The van der Waals surface area contributed by atoms with Crippen LogP contribution in [0.15, 0.2) is 22.7 Å². The maximum absolute atomic E-state index is 12.8. The number of fused-ring (bicyclic) bond motifs is 2. The van der Waals surface area contributed by atoms with Crippen molar-refractivity contribution in [1.29, 1.82) is 0 Å². The van der Waals surface area contributed by atoms with Gasteiger partial charge in [0.15, 0.2) is 0 Å². The SMILES string of the molecule is CN1C(=O)[C@]2(CC(C)(C)Oc3ccc(Br)cc32)NC1N. The minimum Gasteiger partial charge on any atom is -0.487 e. The van der Waals surface area contributed by atoms with Crippen molar-refractivity contribution in [1.82, 2.24) is 10.2 Å². The number of nitrogens with one attached hydrogen (secondary N) is 1. The van der Waals surface area contributed by atoms with E-state index in [0.29, 0.717) is 6.42 Å². The fourth-order valence-corrected chi connectivity index (χ4v) is 3.51. The zero-order valence-electron chi connectivity index (χ0n) is 11.7. The number of benzene rings is 1. The third-order valence-corrected chi connectivity index (χ3v) is 4.47. The average Bonchev–Trinajstić information content (AvgIpc) is 2.55. The Morgan fingerprint density at radius 3 is 2.80 bits per heavy atom. The number of carbonyl (C=O) groups excluding carboxylic acids is 1. The number of amides is 1. The molecule has 1 spiro atoms. The van der Waals surface area contributed by atoms with Gasteiger partial charge in [-0.3, -0.25) is 15.8 Å². The molecule has 1 aromatic carbocycles. The van der Waals surface area contributed by atoms with E-state index in [2.05, 4.69) is 21.2 Å². The first-order valence-corrected chi connectivity index (χ1v) is 7.34. The van der Waals surface area contributed by atoms with Crippen molar-refractivity contribution in [2.75, 3.05) is 7.05 Å². The summed E-state index contributed by atoms with van der Waals surface area (Å²) in [6, 6.07) is 5.74. The molecule has 20 heavy (non-hydrogen) atoms. The molecular formula is C14H18BrN3O2. The fourth-order valence-electron chi connectivity index (χ4n) is 3.15. The molecule has 1 saturated heterocycles. The first-order valence-electron chi connectivity index (χ1n) is 6.55. The highest BCUT2D eigenvalue weighted by atomic mass is 79.9. The molecule has 1 unspecified atom stereocenters. The van der Waals surface area contributed by atoms with Crippen LogP contribution < -0.4 is 15.8 Å². The molecular weight excluding hydrogens is 322 g/mol. The quantitative estimate of drug-likeness (QED) is 0.751. The summed E-state index contributed by atoms with van der Waals surface area (Å²) >= 11 is 3.46. The molecule has 108 valence electrons. The second-order valence-electron chi connectivity index (χ2n) is 6.09. The molecule has 0 aliphatic carbocycles. The Bertz CT molecular complexity index is 590. The predicted molar refractivity (Wildman–Crippen MR) is 79.0 cm³/mol. The molecule has 2 aliphatic heterocycles. The number of nitrogens with zero attached hydrogens (tertiary/aromatic N) is 1. The summed E-state index contributed by atoms with van der Waals surface area (Å²) in [6.07, 6.45) is 0.0589. The minimum absolute atomic E-state index is 0.0132. The highest BCUT2D eigenvalue weighted by Gasteiger charge is 2.56. The van der Waals surface area contributed by atoms with Gasteiger partial charge in [0.25, 0.3) is 0 Å². The summed E-state index contributed by atoms with van der Waals surface area (Å²) in [6.45, 7) is 3.97. The first-order chi connectivity index (χ1) is 9.25. The molecule has 5 nitrogen and oxygen atoms in total. The zero-order valence-corrected chi connectivity index (χ0v) is 13.3. The van der Waals surface area contributed by atoms with Gasteiger partial charge < -0.3 is 9.64 Å². The minimum atomic E-state index is -0.810. The zero-order chi connectivity index (χ0) is 14.7. The molecule has 2 aliphatic rings. The number of likely N-dealkylation sites (N-methyl/N-ethyl adjacent to an activating group) is 1. The Balaban J connectivity index is 2.21. The van der Waals surface area contributed by atoms with Crippen LogP contribution in [0, 0.1) is 0 Å². The molecule has 3 N–H and O–H groups in total. The van der Waals surface area contributed by atoms with E-state index < -0.39 is 17.4 Å². The van der Waals surface area contributed by atoms with Crippen LogP contribution >= 0.6 is 15.9 Å². The van der Waals surface area contributed by atoms with E-state index in [4.69, 9.17) is 10.5 Å². The second kappa shape index (κ2) is 4.19. The van der Waals surface area contributed by atoms with Crippen molar-refractivity contribution in [3.63, 3.8) is 0 Å². The molecule has 3 rings (SSSR count). The van der Waals surface area contributed by atoms with Crippen LogP contribution in [0.3, 0.4) is 0 Å². The number of hydrogen-bond acceptors (Lipinski definition) is 4. The Labute approximate surface area is 126 Å². The third kappa shape index (κ3) is 1.86. The molecule has 1 aromatic rings. The molecule has 2 atom stereocenters. The van der Waals surface area contributed by atoms with Gasteiger partial charge in [-0.15, -0.1) is 0 Å². The summed E-state index contributed by atoms with van der Waals surface area (Å²) < 4.78 is 6.92. The van der Waals surface area contributed by atoms with E-state index in [1.165, 1.54) is 0 Å². The molecule has 2 heterocycles. The molecule has 0 aromatic heterocycles. The maximum Gasteiger partial charge on any atom is 0.249 e. The number of nitrogens with two attached hydrogens (primary N) is 1. The van der Waals surface area contributed by atoms with Crippen LogP contribution in [0.2, 0.25) is 0 Å². The van der Waals surface area contributed by atoms with Crippen molar-refractivity contribution >= 4 is 21.8 Å². The van der Waals surface area contributed by atoms with Gasteiger partial charge in [-0.05, 0) is 32.0 Å². The largest absolute Gasteiger partial charge is 0.487 e. The molecule has 6 heteroatoms. The Hall–Kier alpha value is -1.11. The van der Waals surface area contributed by atoms with Crippen molar-refractivity contribution in [2.45, 2.75) is 37.7 Å². The highest BCUT2D eigenvalue weighted by Crippen LogP contribution is 2.47. The van der Waals surface area contributed by atoms with Crippen LogP contribution in [0.25, 0.3) is 0 Å². The Kier molecular flexibility index (Phi) is 2.90. The molecule has 1 amide bonds. The second-order valence-corrected chi connectivity index (χ2v) is 7.01. The molecule has 0 saturated carbocycles. The van der Waals surface area contributed by atoms with Gasteiger partial charge in [0.2, 0.25) is 5.91 Å². The third-order valence-electron chi connectivity index (χ3n) is 3.98. The van der Waals surface area contributed by atoms with E-state index in [-0.39, 0.29) is 5.91 Å². The number of rotatable bonds is 0. The summed E-state index contributed by atoms with van der Waals surface area (Å²) in [4.78, 5) is 14.3. The van der Waals surface area contributed by atoms with E-state index in [0.717, 1.165) is 15.8 Å². The Morgan fingerprint density at radius 1 is 1.50 bits per heavy atom. The van der Waals surface area contributed by atoms with Crippen LogP contribution in [-0.2, 0) is 10.3 Å². The number of carbonyl (C=O) groups is 1. The first kappa shape index (κ1) is 13.9.